The van der Waals surface area contributed by atoms with Gasteiger partial charge in [-0.3, -0.25) is 5.43 Å². The molecule has 18 heavy (non-hydrogen) atoms. The summed E-state index contributed by atoms with van der Waals surface area (Å²) in [7, 11) is 0. The van der Waals surface area contributed by atoms with Crippen molar-refractivity contribution in [1.82, 2.24) is 5.43 Å². The molecule has 96 valence electrons. The maximum atomic E-state index is 4.15. The van der Waals surface area contributed by atoms with E-state index in [1.54, 1.807) is 18.4 Å². The van der Waals surface area contributed by atoms with E-state index in [1.165, 1.54) is 5.57 Å². The monoisotopic (exact) mass is 242 g/mol. The summed E-state index contributed by atoms with van der Waals surface area (Å²) in [6, 6.07) is 0. The molecule has 0 unspecified atom stereocenters. The van der Waals surface area contributed by atoms with Gasteiger partial charge in [0.25, 0.3) is 0 Å². The predicted molar refractivity (Wildman–Crippen MR) is 82.4 cm³/mol. The highest BCUT2D eigenvalue weighted by Gasteiger charge is 1.86. The third kappa shape index (κ3) is 8.11. The molecule has 0 atom stereocenters. The standard InChI is InChI=1S/C16H22N2/c1-6-9-10-16(8-3)18-17-13-15(7-2)12-11-14(4)5/h6-13,18H,1-2H2,3-5H3/b10-9-,15-12+,16-8+,17-13+. The van der Waals surface area contributed by atoms with Crippen molar-refractivity contribution >= 4 is 6.21 Å². The molecule has 0 heterocycles. The van der Waals surface area contributed by atoms with Crippen molar-refractivity contribution in [3.8, 4) is 0 Å². The van der Waals surface area contributed by atoms with Crippen molar-refractivity contribution in [3.63, 3.8) is 0 Å². The summed E-state index contributed by atoms with van der Waals surface area (Å²) in [5.74, 6) is 0. The highest BCUT2D eigenvalue weighted by atomic mass is 15.3. The van der Waals surface area contributed by atoms with E-state index in [-0.39, 0.29) is 0 Å². The van der Waals surface area contributed by atoms with Gasteiger partial charge in [-0.25, -0.2) is 0 Å². The fourth-order valence-corrected chi connectivity index (χ4v) is 0.978. The second-order valence-corrected chi connectivity index (χ2v) is 3.82. The Balaban J connectivity index is 4.58. The zero-order valence-electron chi connectivity index (χ0n) is 11.5. The van der Waals surface area contributed by atoms with Crippen LogP contribution < -0.4 is 5.43 Å². The zero-order chi connectivity index (χ0) is 13.8. The second-order valence-electron chi connectivity index (χ2n) is 3.82. The Bertz CT molecular complexity index is 414. The Morgan fingerprint density at radius 3 is 2.39 bits per heavy atom. The first kappa shape index (κ1) is 15.9. The Morgan fingerprint density at radius 2 is 1.89 bits per heavy atom. The zero-order valence-corrected chi connectivity index (χ0v) is 11.5. The molecule has 0 aliphatic heterocycles. The summed E-state index contributed by atoms with van der Waals surface area (Å²) in [6.07, 6.45) is 14.9. The highest BCUT2D eigenvalue weighted by Crippen LogP contribution is 1.97. The van der Waals surface area contributed by atoms with Crippen LogP contribution in [-0.2, 0) is 0 Å². The number of nitrogens with one attached hydrogen (secondary N) is 1. The summed E-state index contributed by atoms with van der Waals surface area (Å²) in [5.41, 5.74) is 6.04. The van der Waals surface area contributed by atoms with Crippen molar-refractivity contribution in [2.75, 3.05) is 0 Å². The minimum absolute atomic E-state index is 0.914. The minimum atomic E-state index is 0.914. The molecule has 0 aliphatic rings. The fraction of sp³-hybridized carbons (Fsp3) is 0.188. The fourth-order valence-electron chi connectivity index (χ4n) is 0.978. The lowest BCUT2D eigenvalue weighted by molar-refractivity contribution is 0.921. The Kier molecular flexibility index (Phi) is 8.92. The average molecular weight is 242 g/mol. The molecule has 1 N–H and O–H groups in total. The number of hydrogen-bond acceptors (Lipinski definition) is 2. The molecule has 0 aromatic carbocycles. The second kappa shape index (κ2) is 10.1. The van der Waals surface area contributed by atoms with Gasteiger partial charge in [-0.05, 0) is 32.4 Å². The van der Waals surface area contributed by atoms with Crippen molar-refractivity contribution in [2.45, 2.75) is 20.8 Å². The van der Waals surface area contributed by atoms with Gasteiger partial charge in [0, 0.05) is 0 Å². The quantitative estimate of drug-likeness (QED) is 0.402. The van der Waals surface area contributed by atoms with Crippen LogP contribution in [0.4, 0.5) is 0 Å². The molecule has 0 amide bonds. The van der Waals surface area contributed by atoms with Crippen LogP contribution in [0.3, 0.4) is 0 Å². The van der Waals surface area contributed by atoms with Gasteiger partial charge in [-0.15, -0.1) is 0 Å². The van der Waals surface area contributed by atoms with Gasteiger partial charge >= 0.3 is 0 Å². The third-order valence-electron chi connectivity index (χ3n) is 1.97. The summed E-state index contributed by atoms with van der Waals surface area (Å²) in [5, 5.41) is 4.15. The first-order valence-electron chi connectivity index (χ1n) is 5.86. The molecular formula is C16H22N2. The van der Waals surface area contributed by atoms with Crippen molar-refractivity contribution < 1.29 is 0 Å². The van der Waals surface area contributed by atoms with Gasteiger partial charge in [0.2, 0.25) is 0 Å². The lowest BCUT2D eigenvalue weighted by Gasteiger charge is -1.99. The molecule has 0 saturated carbocycles. The van der Waals surface area contributed by atoms with E-state index in [0.29, 0.717) is 0 Å². The van der Waals surface area contributed by atoms with Gasteiger partial charge in [0.05, 0.1) is 11.9 Å². The highest BCUT2D eigenvalue weighted by molar-refractivity contribution is 5.82. The molecule has 0 radical (unpaired) electrons. The molecule has 0 spiro atoms. The van der Waals surface area contributed by atoms with E-state index >= 15 is 0 Å². The molecule has 0 aromatic heterocycles. The normalized spacial score (nSPS) is 12.8. The van der Waals surface area contributed by atoms with Crippen LogP contribution in [0.2, 0.25) is 0 Å². The number of hydrazone groups is 1. The summed E-state index contributed by atoms with van der Waals surface area (Å²) < 4.78 is 0. The molecule has 0 bridgehead atoms. The molecule has 0 rings (SSSR count). The molecule has 0 aromatic rings. The smallest absolute Gasteiger partial charge is 0.0544 e. The van der Waals surface area contributed by atoms with E-state index in [9.17, 15) is 0 Å². The van der Waals surface area contributed by atoms with E-state index in [2.05, 4.69) is 23.7 Å². The van der Waals surface area contributed by atoms with Crippen LogP contribution in [0.25, 0.3) is 0 Å². The van der Waals surface area contributed by atoms with Gasteiger partial charge in [-0.2, -0.15) is 5.10 Å². The van der Waals surface area contributed by atoms with Crippen LogP contribution in [0.5, 0.6) is 0 Å². The van der Waals surface area contributed by atoms with Crippen LogP contribution in [0.1, 0.15) is 20.8 Å². The van der Waals surface area contributed by atoms with E-state index < -0.39 is 0 Å². The Hall–Kier alpha value is -2.09. The van der Waals surface area contributed by atoms with Crippen molar-refractivity contribution in [2.24, 2.45) is 5.10 Å². The average Bonchev–Trinajstić information content (AvgIpc) is 2.36. The lowest BCUT2D eigenvalue weighted by atomic mass is 10.2. The molecule has 0 aliphatic carbocycles. The summed E-state index contributed by atoms with van der Waals surface area (Å²) in [6.45, 7) is 13.4. The maximum absolute atomic E-state index is 4.15. The third-order valence-corrected chi connectivity index (χ3v) is 1.97. The molecule has 0 fully saturated rings. The number of allylic oxidation sites excluding steroid dienone is 9. The largest absolute Gasteiger partial charge is 0.279 e. The van der Waals surface area contributed by atoms with Crippen LogP contribution in [0, 0.1) is 0 Å². The topological polar surface area (TPSA) is 24.4 Å². The van der Waals surface area contributed by atoms with Crippen LogP contribution >= 0.6 is 0 Å². The van der Waals surface area contributed by atoms with Crippen molar-refractivity contribution in [1.29, 1.82) is 0 Å². The Morgan fingerprint density at radius 1 is 1.17 bits per heavy atom. The summed E-state index contributed by atoms with van der Waals surface area (Å²) >= 11 is 0. The summed E-state index contributed by atoms with van der Waals surface area (Å²) in [4.78, 5) is 0. The lowest BCUT2D eigenvalue weighted by Crippen LogP contribution is -2.03. The minimum Gasteiger partial charge on any atom is -0.279 e. The van der Waals surface area contributed by atoms with Gasteiger partial charge in [0.15, 0.2) is 0 Å². The van der Waals surface area contributed by atoms with Gasteiger partial charge < -0.3 is 0 Å². The first-order valence-corrected chi connectivity index (χ1v) is 5.86. The maximum Gasteiger partial charge on any atom is 0.0544 e. The van der Waals surface area contributed by atoms with E-state index in [1.807, 2.05) is 51.2 Å². The van der Waals surface area contributed by atoms with Crippen LogP contribution in [-0.4, -0.2) is 6.21 Å². The number of hydrogen-bond donors (Lipinski definition) is 1. The molecule has 0 saturated heterocycles. The van der Waals surface area contributed by atoms with E-state index in [0.717, 1.165) is 11.3 Å². The molecule has 2 nitrogen and oxygen atoms in total. The van der Waals surface area contributed by atoms with Crippen LogP contribution in [0.15, 0.2) is 77.6 Å². The Labute approximate surface area is 110 Å². The van der Waals surface area contributed by atoms with Crippen molar-refractivity contribution in [3.05, 3.63) is 72.5 Å². The first-order chi connectivity index (χ1) is 8.63. The predicted octanol–water partition coefficient (Wildman–Crippen LogP) is 4.29. The van der Waals surface area contributed by atoms with Gasteiger partial charge in [0.1, 0.15) is 0 Å². The van der Waals surface area contributed by atoms with E-state index in [4.69, 9.17) is 0 Å². The van der Waals surface area contributed by atoms with Gasteiger partial charge in [-0.1, -0.05) is 55.2 Å². The number of nitrogens with zero attached hydrogens (tertiary/aromatic N) is 1. The molecule has 2 heteroatoms. The molecular weight excluding hydrogens is 220 g/mol. The number of rotatable bonds is 7. The SMILES string of the molecule is C=C/C=C\C(=C/C)N/N=C/C(C=C)=C/C=C(C)C.